The molecule has 1 aromatic carbocycles. The molecule has 2 aliphatic heterocycles. The quantitative estimate of drug-likeness (QED) is 0.619. The van der Waals surface area contributed by atoms with Crippen LogP contribution in [0.1, 0.15) is 30.3 Å². The number of hydrogen-bond acceptors (Lipinski definition) is 6. The first-order chi connectivity index (χ1) is 13.6. The second kappa shape index (κ2) is 7.14. The van der Waals surface area contributed by atoms with Gasteiger partial charge in [0.15, 0.2) is 5.54 Å². The van der Waals surface area contributed by atoms with Crippen molar-refractivity contribution in [3.63, 3.8) is 0 Å². The molecule has 146 valence electrons. The van der Waals surface area contributed by atoms with E-state index in [-0.39, 0.29) is 25.0 Å². The van der Waals surface area contributed by atoms with Gasteiger partial charge in [-0.2, -0.15) is 0 Å². The van der Waals surface area contributed by atoms with Crippen LogP contribution in [0.25, 0.3) is 0 Å². The normalized spacial score (nSPS) is 29.2. The Morgan fingerprint density at radius 1 is 1.14 bits per heavy atom. The lowest BCUT2D eigenvalue weighted by Gasteiger charge is -2.33. The molecule has 28 heavy (non-hydrogen) atoms. The fourth-order valence-corrected chi connectivity index (χ4v) is 5.33. The van der Waals surface area contributed by atoms with Gasteiger partial charge >= 0.3 is 5.97 Å². The highest BCUT2D eigenvalue weighted by Crippen LogP contribution is 2.53. The number of thiophene rings is 1. The second-order valence-electron chi connectivity index (χ2n) is 6.96. The Bertz CT molecular complexity index is 898. The number of esters is 1. The molecule has 0 aliphatic carbocycles. The molecular formula is C21H22N2O4S. The van der Waals surface area contributed by atoms with E-state index in [0.29, 0.717) is 5.56 Å². The molecule has 0 spiro atoms. The van der Waals surface area contributed by atoms with E-state index in [4.69, 9.17) is 4.74 Å². The third-order valence-electron chi connectivity index (χ3n) is 5.64. The lowest BCUT2D eigenvalue weighted by molar-refractivity contribution is -0.157. The molecule has 0 radical (unpaired) electrons. The van der Waals surface area contributed by atoms with Crippen molar-refractivity contribution in [1.82, 2.24) is 10.2 Å². The van der Waals surface area contributed by atoms with E-state index < -0.39 is 29.4 Å². The fourth-order valence-electron chi connectivity index (χ4n) is 4.51. The zero-order valence-electron chi connectivity index (χ0n) is 15.8. The molecule has 0 saturated carbocycles. The maximum Gasteiger partial charge on any atom is 0.331 e. The lowest BCUT2D eigenvalue weighted by atomic mass is 9.75. The van der Waals surface area contributed by atoms with Crippen molar-refractivity contribution < 1.29 is 19.1 Å². The monoisotopic (exact) mass is 398 g/mol. The van der Waals surface area contributed by atoms with Crippen molar-refractivity contribution in [3.8, 4) is 0 Å². The van der Waals surface area contributed by atoms with Gasteiger partial charge in [0.05, 0.1) is 24.5 Å². The predicted molar refractivity (Wildman–Crippen MR) is 104 cm³/mol. The Morgan fingerprint density at radius 2 is 1.89 bits per heavy atom. The number of fused-ring (bicyclic) bond motifs is 1. The number of rotatable bonds is 5. The number of carbonyl (C=O) groups is 3. The van der Waals surface area contributed by atoms with Gasteiger partial charge < -0.3 is 4.74 Å². The molecule has 1 aromatic heterocycles. The summed E-state index contributed by atoms with van der Waals surface area (Å²) in [5, 5.41) is 5.31. The summed E-state index contributed by atoms with van der Waals surface area (Å²) in [6.45, 7) is 3.99. The number of nitrogens with one attached hydrogen (secondary N) is 1. The largest absolute Gasteiger partial charge is 0.464 e. The Kier molecular flexibility index (Phi) is 4.81. The molecule has 6 nitrogen and oxygen atoms in total. The third kappa shape index (κ3) is 2.53. The van der Waals surface area contributed by atoms with Crippen molar-refractivity contribution in [3.05, 3.63) is 58.3 Å². The number of nitrogens with zero attached hydrogens (tertiary/aromatic N) is 1. The summed E-state index contributed by atoms with van der Waals surface area (Å²) in [5.74, 6) is -2.55. The van der Waals surface area contributed by atoms with Gasteiger partial charge in [0.25, 0.3) is 0 Å². The highest BCUT2D eigenvalue weighted by atomic mass is 32.1. The Balaban J connectivity index is 1.93. The van der Waals surface area contributed by atoms with Gasteiger partial charge in [-0.3, -0.25) is 19.8 Å². The van der Waals surface area contributed by atoms with Gasteiger partial charge in [-0.15, -0.1) is 11.3 Å². The van der Waals surface area contributed by atoms with Crippen LogP contribution in [-0.4, -0.2) is 35.8 Å². The van der Waals surface area contributed by atoms with Crippen molar-refractivity contribution in [1.29, 1.82) is 0 Å². The van der Waals surface area contributed by atoms with Gasteiger partial charge in [0.2, 0.25) is 11.8 Å². The molecule has 7 heteroatoms. The summed E-state index contributed by atoms with van der Waals surface area (Å²) in [4.78, 5) is 42.0. The predicted octanol–water partition coefficient (Wildman–Crippen LogP) is 2.47. The molecule has 2 aromatic rings. The van der Waals surface area contributed by atoms with Crippen molar-refractivity contribution in [2.45, 2.75) is 25.4 Å². The van der Waals surface area contributed by atoms with E-state index in [1.54, 1.807) is 13.8 Å². The molecule has 4 rings (SSSR count). The molecule has 0 bridgehead atoms. The van der Waals surface area contributed by atoms with Crippen molar-refractivity contribution in [2.75, 3.05) is 13.2 Å². The molecule has 0 unspecified atom stereocenters. The Labute approximate surface area is 167 Å². The van der Waals surface area contributed by atoms with Crippen LogP contribution < -0.4 is 5.32 Å². The molecule has 2 saturated heterocycles. The zero-order chi connectivity index (χ0) is 19.9. The summed E-state index contributed by atoms with van der Waals surface area (Å²) >= 11 is 1.51. The van der Waals surface area contributed by atoms with Crippen LogP contribution in [0.2, 0.25) is 0 Å². The highest BCUT2D eigenvalue weighted by molar-refractivity contribution is 7.10. The number of carbonyl (C=O) groups excluding carboxylic acids is 3. The number of benzene rings is 1. The van der Waals surface area contributed by atoms with Gasteiger partial charge in [-0.05, 0) is 30.9 Å². The summed E-state index contributed by atoms with van der Waals surface area (Å²) in [6, 6.07) is 12.5. The van der Waals surface area contributed by atoms with Crippen molar-refractivity contribution in [2.24, 2.45) is 11.8 Å². The van der Waals surface area contributed by atoms with Crippen LogP contribution >= 0.6 is 11.3 Å². The maximum absolute atomic E-state index is 13.3. The maximum atomic E-state index is 13.3. The minimum atomic E-state index is -1.40. The number of ether oxygens (including phenoxy) is 1. The van der Waals surface area contributed by atoms with Gasteiger partial charge in [0.1, 0.15) is 0 Å². The van der Waals surface area contributed by atoms with Crippen LogP contribution in [0.4, 0.5) is 0 Å². The first kappa shape index (κ1) is 18.8. The van der Waals surface area contributed by atoms with E-state index in [1.165, 1.54) is 16.2 Å². The van der Waals surface area contributed by atoms with Gasteiger partial charge in [-0.25, -0.2) is 4.79 Å². The molecule has 4 atom stereocenters. The smallest absolute Gasteiger partial charge is 0.331 e. The second-order valence-corrected chi connectivity index (χ2v) is 7.94. The van der Waals surface area contributed by atoms with Crippen LogP contribution in [0.5, 0.6) is 0 Å². The minimum Gasteiger partial charge on any atom is -0.464 e. The number of imide groups is 1. The van der Waals surface area contributed by atoms with Crippen LogP contribution in [-0.2, 0) is 24.7 Å². The van der Waals surface area contributed by atoms with Gasteiger partial charge in [-0.1, -0.05) is 36.4 Å². The molecule has 3 heterocycles. The summed E-state index contributed by atoms with van der Waals surface area (Å²) in [6.07, 6.45) is 0. The minimum absolute atomic E-state index is 0.190. The first-order valence-corrected chi connectivity index (χ1v) is 10.3. The van der Waals surface area contributed by atoms with Crippen molar-refractivity contribution >= 4 is 29.1 Å². The average molecular weight is 398 g/mol. The van der Waals surface area contributed by atoms with E-state index >= 15 is 0 Å². The molecule has 2 amide bonds. The average Bonchev–Trinajstić information content (AvgIpc) is 3.40. The highest BCUT2D eigenvalue weighted by Gasteiger charge is 2.69. The van der Waals surface area contributed by atoms with E-state index in [2.05, 4.69) is 5.32 Å². The summed E-state index contributed by atoms with van der Waals surface area (Å²) < 4.78 is 5.43. The van der Waals surface area contributed by atoms with Crippen LogP contribution in [0.3, 0.4) is 0 Å². The van der Waals surface area contributed by atoms with Crippen LogP contribution in [0, 0.1) is 11.8 Å². The molecule has 2 aliphatic rings. The lowest BCUT2D eigenvalue weighted by Crippen LogP contribution is -2.53. The zero-order valence-corrected chi connectivity index (χ0v) is 16.6. The third-order valence-corrected chi connectivity index (χ3v) is 6.60. The molecule has 2 fully saturated rings. The van der Waals surface area contributed by atoms with Crippen LogP contribution in [0.15, 0.2) is 47.8 Å². The Morgan fingerprint density at radius 3 is 2.50 bits per heavy atom. The first-order valence-electron chi connectivity index (χ1n) is 9.45. The summed E-state index contributed by atoms with van der Waals surface area (Å²) in [5.41, 5.74) is -0.755. The topological polar surface area (TPSA) is 75.7 Å². The van der Waals surface area contributed by atoms with Gasteiger partial charge in [0, 0.05) is 11.4 Å². The molecule has 1 N–H and O–H groups in total. The van der Waals surface area contributed by atoms with E-state index in [9.17, 15) is 14.4 Å². The van der Waals surface area contributed by atoms with E-state index in [0.717, 1.165) is 4.88 Å². The fraction of sp³-hybridized carbons (Fsp3) is 0.381. The van der Waals surface area contributed by atoms with E-state index in [1.807, 2.05) is 47.8 Å². The SMILES string of the molecule is CCOC(=O)[C@]1(c2ccccc2)N[C@H](c2cccs2)[C@@H]2C(=O)N(CC)C(=O)[C@H]21. The number of likely N-dealkylation sites (tertiary alicyclic amines) is 1. The molecular weight excluding hydrogens is 376 g/mol. The number of amides is 2. The Hall–Kier alpha value is -2.51. The number of hydrogen-bond donors (Lipinski definition) is 1. The standard InChI is InChI=1S/C21H22N2O4S/c1-3-23-18(24)15-16(19(23)25)21(20(26)27-4-2,13-9-6-5-7-10-13)22-17(15)14-11-8-12-28-14/h5-12,15-17,22H,3-4H2,1-2H3/t15-,16+,17-,21-/m1/s1. The summed E-state index contributed by atoms with van der Waals surface area (Å²) in [7, 11) is 0.